The molecule has 2 N–H and O–H groups in total. The third-order valence-electron chi connectivity index (χ3n) is 4.49. The molecule has 0 radical (unpaired) electrons. The minimum absolute atomic E-state index is 0.109. The summed E-state index contributed by atoms with van der Waals surface area (Å²) in [5.41, 5.74) is 1.50. The third-order valence-corrected chi connectivity index (χ3v) is 4.49. The fraction of sp³-hybridized carbons (Fsp3) is 0.263. The Morgan fingerprint density at radius 3 is 2.74 bits per heavy atom. The predicted molar refractivity (Wildman–Crippen MR) is 95.1 cm³/mol. The van der Waals surface area contributed by atoms with E-state index in [0.717, 1.165) is 5.56 Å². The molecule has 0 spiro atoms. The van der Waals surface area contributed by atoms with Gasteiger partial charge in [-0.3, -0.25) is 4.79 Å². The molecule has 140 valence electrons. The fourth-order valence-corrected chi connectivity index (χ4v) is 3.14. The summed E-state index contributed by atoms with van der Waals surface area (Å²) >= 11 is 0. The van der Waals surface area contributed by atoms with Gasteiger partial charge < -0.3 is 25.0 Å². The molecule has 27 heavy (non-hydrogen) atoms. The lowest BCUT2D eigenvalue weighted by Gasteiger charge is -2.17. The van der Waals surface area contributed by atoms with Crippen LogP contribution in [0.1, 0.15) is 12.0 Å². The van der Waals surface area contributed by atoms with E-state index >= 15 is 0 Å². The number of carbonyl (C=O) groups excluding carboxylic acids is 2. The Labute approximate surface area is 155 Å². The minimum atomic E-state index is -0.358. The van der Waals surface area contributed by atoms with E-state index in [1.54, 1.807) is 23.1 Å². The number of carbonyl (C=O) groups is 2. The summed E-state index contributed by atoms with van der Waals surface area (Å²) in [6.45, 7) is 0.875. The van der Waals surface area contributed by atoms with Crippen molar-refractivity contribution < 1.29 is 23.5 Å². The number of anilines is 1. The minimum Gasteiger partial charge on any atom is -0.454 e. The standard InChI is InChI=1S/C19H18FN3O4/c20-13-2-4-15(5-3-13)23-10-14(8-18(23)24)22-19(25)21-9-12-1-6-16-17(7-12)27-11-26-16/h1-7,14H,8-11H2,(H2,21,22,25)/t14-/m0/s1. The quantitative estimate of drug-likeness (QED) is 0.863. The number of fused-ring (bicyclic) bond motifs is 1. The molecule has 7 nitrogen and oxygen atoms in total. The van der Waals surface area contributed by atoms with E-state index in [1.807, 2.05) is 12.1 Å². The van der Waals surface area contributed by atoms with Gasteiger partial charge in [0.1, 0.15) is 5.82 Å². The van der Waals surface area contributed by atoms with Gasteiger partial charge in [0.05, 0.1) is 6.04 Å². The molecule has 0 bridgehead atoms. The van der Waals surface area contributed by atoms with Crippen LogP contribution in [0.25, 0.3) is 0 Å². The van der Waals surface area contributed by atoms with Crippen LogP contribution in [0.5, 0.6) is 11.5 Å². The molecule has 4 rings (SSSR count). The first-order valence-corrected chi connectivity index (χ1v) is 8.57. The highest BCUT2D eigenvalue weighted by molar-refractivity contribution is 5.96. The molecule has 1 atom stereocenters. The van der Waals surface area contributed by atoms with Crippen molar-refractivity contribution in [3.63, 3.8) is 0 Å². The first kappa shape index (κ1) is 17.1. The summed E-state index contributed by atoms with van der Waals surface area (Å²) in [5.74, 6) is 0.880. The van der Waals surface area contributed by atoms with Gasteiger partial charge in [0.25, 0.3) is 0 Å². The van der Waals surface area contributed by atoms with Crippen molar-refractivity contribution in [2.24, 2.45) is 0 Å². The Morgan fingerprint density at radius 2 is 1.93 bits per heavy atom. The number of hydrogen-bond donors (Lipinski definition) is 2. The SMILES string of the molecule is O=C(NCc1ccc2c(c1)OCO2)N[C@H]1CC(=O)N(c2ccc(F)cc2)C1. The maximum Gasteiger partial charge on any atom is 0.315 e. The average Bonchev–Trinajstić information content (AvgIpc) is 3.26. The number of ether oxygens (including phenoxy) is 2. The van der Waals surface area contributed by atoms with E-state index in [4.69, 9.17) is 9.47 Å². The van der Waals surface area contributed by atoms with Crippen molar-refractivity contribution in [3.8, 4) is 11.5 Å². The Balaban J connectivity index is 1.29. The van der Waals surface area contributed by atoms with Gasteiger partial charge in [-0.15, -0.1) is 0 Å². The first-order valence-electron chi connectivity index (χ1n) is 8.57. The molecule has 2 aromatic rings. The van der Waals surface area contributed by atoms with E-state index < -0.39 is 0 Å². The molecule has 2 aliphatic heterocycles. The number of halogens is 1. The topological polar surface area (TPSA) is 79.9 Å². The molecule has 2 aliphatic rings. The maximum atomic E-state index is 13.0. The van der Waals surface area contributed by atoms with Crippen LogP contribution >= 0.6 is 0 Å². The van der Waals surface area contributed by atoms with E-state index in [1.165, 1.54) is 12.1 Å². The van der Waals surface area contributed by atoms with E-state index in [0.29, 0.717) is 30.3 Å². The third kappa shape index (κ3) is 3.79. The summed E-state index contributed by atoms with van der Waals surface area (Å²) in [6, 6.07) is 10.5. The van der Waals surface area contributed by atoms with Gasteiger partial charge in [0.2, 0.25) is 12.7 Å². The monoisotopic (exact) mass is 371 g/mol. The number of nitrogens with zero attached hydrogens (tertiary/aromatic N) is 1. The van der Waals surface area contributed by atoms with Crippen molar-refractivity contribution in [2.75, 3.05) is 18.2 Å². The van der Waals surface area contributed by atoms with Crippen LogP contribution in [0.2, 0.25) is 0 Å². The number of nitrogens with one attached hydrogen (secondary N) is 2. The zero-order valence-corrected chi connectivity index (χ0v) is 14.4. The van der Waals surface area contributed by atoms with E-state index in [9.17, 15) is 14.0 Å². The highest BCUT2D eigenvalue weighted by atomic mass is 19.1. The smallest absolute Gasteiger partial charge is 0.315 e. The van der Waals surface area contributed by atoms with Crippen LogP contribution in [0.3, 0.4) is 0 Å². The van der Waals surface area contributed by atoms with Crippen LogP contribution in [0.4, 0.5) is 14.9 Å². The van der Waals surface area contributed by atoms with Gasteiger partial charge in [-0.1, -0.05) is 6.07 Å². The van der Waals surface area contributed by atoms with Crippen molar-refractivity contribution in [1.82, 2.24) is 10.6 Å². The summed E-state index contributed by atoms with van der Waals surface area (Å²) in [6.07, 6.45) is 0.203. The van der Waals surface area contributed by atoms with Crippen molar-refractivity contribution in [3.05, 3.63) is 53.8 Å². The van der Waals surface area contributed by atoms with Crippen LogP contribution in [-0.2, 0) is 11.3 Å². The maximum absolute atomic E-state index is 13.0. The summed E-state index contributed by atoms with van der Waals surface area (Å²) < 4.78 is 23.6. The largest absolute Gasteiger partial charge is 0.454 e. The van der Waals surface area contributed by atoms with Crippen molar-refractivity contribution in [2.45, 2.75) is 19.0 Å². The molecule has 8 heteroatoms. The van der Waals surface area contributed by atoms with E-state index in [2.05, 4.69) is 10.6 Å². The highest BCUT2D eigenvalue weighted by Crippen LogP contribution is 2.32. The molecule has 2 aromatic carbocycles. The normalized spacial score (nSPS) is 17.9. The zero-order chi connectivity index (χ0) is 18.8. The summed E-state index contributed by atoms with van der Waals surface area (Å²) in [4.78, 5) is 25.9. The van der Waals surface area contributed by atoms with Gasteiger partial charge in [-0.25, -0.2) is 9.18 Å². The number of rotatable bonds is 4. The number of amides is 3. The summed E-state index contributed by atoms with van der Waals surface area (Å²) in [5, 5.41) is 5.57. The molecular weight excluding hydrogens is 353 g/mol. The Bertz CT molecular complexity index is 872. The first-order chi connectivity index (χ1) is 13.1. The Morgan fingerprint density at radius 1 is 1.15 bits per heavy atom. The van der Waals surface area contributed by atoms with Crippen LogP contribution in [0.15, 0.2) is 42.5 Å². The van der Waals surface area contributed by atoms with Gasteiger partial charge in [-0.2, -0.15) is 0 Å². The molecular formula is C19H18FN3O4. The molecule has 0 saturated carbocycles. The predicted octanol–water partition coefficient (Wildman–Crippen LogP) is 2.16. The molecule has 0 aromatic heterocycles. The molecule has 0 unspecified atom stereocenters. The van der Waals surface area contributed by atoms with Gasteiger partial charge in [0, 0.05) is 25.2 Å². The van der Waals surface area contributed by atoms with E-state index in [-0.39, 0.29) is 37.0 Å². The molecule has 3 amide bonds. The number of benzene rings is 2. The second-order valence-corrected chi connectivity index (χ2v) is 6.40. The highest BCUT2D eigenvalue weighted by Gasteiger charge is 2.31. The lowest BCUT2D eigenvalue weighted by Crippen LogP contribution is -2.43. The molecule has 1 fully saturated rings. The second kappa shape index (κ2) is 7.14. The van der Waals surface area contributed by atoms with Gasteiger partial charge in [-0.05, 0) is 42.0 Å². The number of hydrogen-bond acceptors (Lipinski definition) is 4. The average molecular weight is 371 g/mol. The zero-order valence-electron chi connectivity index (χ0n) is 14.4. The van der Waals surface area contributed by atoms with Crippen LogP contribution in [0, 0.1) is 5.82 Å². The second-order valence-electron chi connectivity index (χ2n) is 6.40. The lowest BCUT2D eigenvalue weighted by atomic mass is 10.2. The summed E-state index contributed by atoms with van der Waals surface area (Å²) in [7, 11) is 0. The van der Waals surface area contributed by atoms with Gasteiger partial charge >= 0.3 is 6.03 Å². The molecule has 1 saturated heterocycles. The molecule has 2 heterocycles. The van der Waals surface area contributed by atoms with Gasteiger partial charge in [0.15, 0.2) is 11.5 Å². The Hall–Kier alpha value is -3.29. The Kier molecular flexibility index (Phi) is 4.53. The molecule has 0 aliphatic carbocycles. The van der Waals surface area contributed by atoms with Crippen LogP contribution in [-0.4, -0.2) is 31.3 Å². The van der Waals surface area contributed by atoms with Crippen molar-refractivity contribution >= 4 is 17.6 Å². The fourth-order valence-electron chi connectivity index (χ4n) is 3.14. The lowest BCUT2D eigenvalue weighted by molar-refractivity contribution is -0.117. The van der Waals surface area contributed by atoms with Crippen molar-refractivity contribution in [1.29, 1.82) is 0 Å². The van der Waals surface area contributed by atoms with Crippen LogP contribution < -0.4 is 25.0 Å². The number of urea groups is 1.